The number of carbonyl (C=O) groups is 1. The van der Waals surface area contributed by atoms with Crippen LogP contribution in [-0.4, -0.2) is 49.8 Å². The first-order chi connectivity index (χ1) is 13.2. The largest absolute Gasteiger partial charge is 0.500 e. The predicted molar refractivity (Wildman–Crippen MR) is 101 cm³/mol. The van der Waals surface area contributed by atoms with Crippen LogP contribution in [0, 0.1) is 11.8 Å². The van der Waals surface area contributed by atoms with E-state index in [-0.39, 0.29) is 11.9 Å². The topological polar surface area (TPSA) is 63.8 Å². The summed E-state index contributed by atoms with van der Waals surface area (Å²) in [5, 5.41) is 1.25. The fourth-order valence-corrected chi connectivity index (χ4v) is 5.09. The molecule has 5 rings (SSSR count). The highest BCUT2D eigenvalue weighted by molar-refractivity contribution is 5.89. The number of benzene rings is 1. The van der Waals surface area contributed by atoms with E-state index in [4.69, 9.17) is 14.2 Å². The third kappa shape index (κ3) is 2.54. The zero-order valence-corrected chi connectivity index (χ0v) is 15.7. The lowest BCUT2D eigenvalue weighted by molar-refractivity contribution is -0.138. The average molecular weight is 368 g/mol. The number of ether oxygens (including phenoxy) is 3. The molecule has 1 saturated heterocycles. The number of fused-ring (bicyclic) bond motifs is 6. The Morgan fingerprint density at radius 3 is 3.04 bits per heavy atom. The molecule has 1 fully saturated rings. The van der Waals surface area contributed by atoms with Crippen molar-refractivity contribution < 1.29 is 19.0 Å². The third-order valence-corrected chi connectivity index (χ3v) is 6.43. The summed E-state index contributed by atoms with van der Waals surface area (Å²) in [7, 11) is 3.14. The molecular formula is C21H24N2O4. The van der Waals surface area contributed by atoms with Crippen molar-refractivity contribution in [3.63, 3.8) is 0 Å². The minimum absolute atomic E-state index is 0.180. The summed E-state index contributed by atoms with van der Waals surface area (Å²) in [6.45, 7) is 2.65. The molecule has 1 aromatic heterocycles. The number of aromatic nitrogens is 1. The van der Waals surface area contributed by atoms with Gasteiger partial charge in [-0.3, -0.25) is 4.90 Å². The SMILES string of the molecule is COC(=O)C1=COCC2CN3CCc4c([nH]c5ccc(OC)cc45)C3CC12. The Labute approximate surface area is 158 Å². The summed E-state index contributed by atoms with van der Waals surface area (Å²) in [6, 6.07) is 6.51. The van der Waals surface area contributed by atoms with Gasteiger partial charge < -0.3 is 19.2 Å². The van der Waals surface area contributed by atoms with Crippen LogP contribution in [0.15, 0.2) is 30.0 Å². The highest BCUT2D eigenvalue weighted by atomic mass is 16.5. The van der Waals surface area contributed by atoms with Gasteiger partial charge in [0, 0.05) is 41.5 Å². The standard InChI is InChI=1S/C21H24N2O4/c1-25-13-3-4-18-16(7-13)14-5-6-23-9-12-10-27-11-17(21(24)26-2)15(12)8-19(23)20(14)22-18/h3-4,7,11-12,15,19,22H,5-6,8-10H2,1-2H3. The summed E-state index contributed by atoms with van der Waals surface area (Å²) in [5.74, 6) is 1.14. The Morgan fingerprint density at radius 1 is 1.33 bits per heavy atom. The van der Waals surface area contributed by atoms with Crippen LogP contribution in [0.3, 0.4) is 0 Å². The summed E-state index contributed by atoms with van der Waals surface area (Å²) < 4.78 is 16.0. The van der Waals surface area contributed by atoms with Crippen molar-refractivity contribution in [2.24, 2.45) is 11.8 Å². The molecule has 3 aliphatic rings. The van der Waals surface area contributed by atoms with E-state index in [0.29, 0.717) is 24.1 Å². The van der Waals surface area contributed by atoms with Crippen molar-refractivity contribution in [2.45, 2.75) is 18.9 Å². The molecule has 142 valence electrons. The predicted octanol–water partition coefficient (Wildman–Crippen LogP) is 2.80. The number of rotatable bonds is 2. The van der Waals surface area contributed by atoms with Crippen LogP contribution in [0.5, 0.6) is 5.75 Å². The third-order valence-electron chi connectivity index (χ3n) is 6.43. The summed E-state index contributed by atoms with van der Waals surface area (Å²) >= 11 is 0. The Balaban J connectivity index is 1.53. The minimum atomic E-state index is -0.268. The van der Waals surface area contributed by atoms with Crippen molar-refractivity contribution in [1.82, 2.24) is 9.88 Å². The quantitative estimate of drug-likeness (QED) is 0.826. The monoisotopic (exact) mass is 368 g/mol. The van der Waals surface area contributed by atoms with Crippen LogP contribution in [0.4, 0.5) is 0 Å². The van der Waals surface area contributed by atoms with Crippen LogP contribution >= 0.6 is 0 Å². The van der Waals surface area contributed by atoms with Gasteiger partial charge in [0.05, 0.1) is 38.7 Å². The number of aromatic amines is 1. The van der Waals surface area contributed by atoms with Gasteiger partial charge in [0.2, 0.25) is 0 Å². The van der Waals surface area contributed by atoms with Crippen molar-refractivity contribution in [3.8, 4) is 5.75 Å². The molecule has 3 atom stereocenters. The van der Waals surface area contributed by atoms with Crippen LogP contribution in [0.2, 0.25) is 0 Å². The Bertz CT molecular complexity index is 932. The number of piperidine rings is 1. The zero-order chi connectivity index (χ0) is 18.5. The maximum atomic E-state index is 12.2. The number of esters is 1. The van der Waals surface area contributed by atoms with E-state index < -0.39 is 0 Å². The van der Waals surface area contributed by atoms with Crippen molar-refractivity contribution >= 4 is 16.9 Å². The van der Waals surface area contributed by atoms with Crippen LogP contribution < -0.4 is 4.74 Å². The molecule has 6 nitrogen and oxygen atoms in total. The van der Waals surface area contributed by atoms with Gasteiger partial charge >= 0.3 is 5.97 Å². The molecule has 4 heterocycles. The van der Waals surface area contributed by atoms with E-state index in [2.05, 4.69) is 22.0 Å². The summed E-state index contributed by atoms with van der Waals surface area (Å²) in [4.78, 5) is 18.4. The van der Waals surface area contributed by atoms with Crippen molar-refractivity contribution in [1.29, 1.82) is 0 Å². The normalized spacial score (nSPS) is 27.0. The molecule has 0 aliphatic carbocycles. The Hall–Kier alpha value is -2.47. The lowest BCUT2D eigenvalue weighted by Gasteiger charge is -2.47. The number of H-pyrrole nitrogens is 1. The van der Waals surface area contributed by atoms with Crippen LogP contribution in [0.25, 0.3) is 10.9 Å². The molecule has 27 heavy (non-hydrogen) atoms. The van der Waals surface area contributed by atoms with Gasteiger partial charge in [0.1, 0.15) is 5.75 Å². The first kappa shape index (κ1) is 16.7. The smallest absolute Gasteiger partial charge is 0.337 e. The Kier molecular flexibility index (Phi) is 3.90. The average Bonchev–Trinajstić information content (AvgIpc) is 3.09. The van der Waals surface area contributed by atoms with Gasteiger partial charge in [-0.05, 0) is 36.6 Å². The lowest BCUT2D eigenvalue weighted by atomic mass is 9.74. The van der Waals surface area contributed by atoms with Gasteiger partial charge in [-0.1, -0.05) is 0 Å². The summed E-state index contributed by atoms with van der Waals surface area (Å²) in [5.41, 5.74) is 4.51. The molecule has 0 saturated carbocycles. The number of nitrogens with one attached hydrogen (secondary N) is 1. The van der Waals surface area contributed by atoms with E-state index >= 15 is 0 Å². The molecular weight excluding hydrogens is 344 g/mol. The molecule has 1 N–H and O–H groups in total. The molecule has 2 aromatic rings. The molecule has 3 aliphatic heterocycles. The number of hydrogen-bond acceptors (Lipinski definition) is 5. The number of nitrogens with zero attached hydrogens (tertiary/aromatic N) is 1. The van der Waals surface area contributed by atoms with Crippen LogP contribution in [-0.2, 0) is 20.7 Å². The van der Waals surface area contributed by atoms with Gasteiger partial charge in [-0.25, -0.2) is 4.79 Å². The molecule has 6 heteroatoms. The highest BCUT2D eigenvalue weighted by Gasteiger charge is 2.44. The van der Waals surface area contributed by atoms with E-state index in [9.17, 15) is 4.79 Å². The maximum Gasteiger partial charge on any atom is 0.337 e. The second kappa shape index (κ2) is 6.30. The second-order valence-corrected chi connectivity index (χ2v) is 7.69. The Morgan fingerprint density at radius 2 is 2.22 bits per heavy atom. The maximum absolute atomic E-state index is 12.2. The minimum Gasteiger partial charge on any atom is -0.500 e. The van der Waals surface area contributed by atoms with E-state index in [1.165, 1.54) is 23.8 Å². The van der Waals surface area contributed by atoms with Crippen molar-refractivity contribution in [2.75, 3.05) is 33.9 Å². The number of methoxy groups -OCH3 is 2. The fourth-order valence-electron chi connectivity index (χ4n) is 5.09. The first-order valence-electron chi connectivity index (χ1n) is 9.52. The molecule has 0 bridgehead atoms. The highest BCUT2D eigenvalue weighted by Crippen LogP contribution is 2.46. The molecule has 0 amide bonds. The van der Waals surface area contributed by atoms with Crippen molar-refractivity contribution in [3.05, 3.63) is 41.3 Å². The van der Waals surface area contributed by atoms with Gasteiger partial charge in [0.25, 0.3) is 0 Å². The van der Waals surface area contributed by atoms with E-state index in [0.717, 1.165) is 37.2 Å². The van der Waals surface area contributed by atoms with E-state index in [1.807, 2.05) is 6.07 Å². The van der Waals surface area contributed by atoms with Gasteiger partial charge in [-0.15, -0.1) is 0 Å². The molecule has 0 spiro atoms. The lowest BCUT2D eigenvalue weighted by Crippen LogP contribution is -2.49. The number of hydrogen-bond donors (Lipinski definition) is 1. The summed E-state index contributed by atoms with van der Waals surface area (Å²) in [6.07, 6.45) is 3.55. The van der Waals surface area contributed by atoms with Gasteiger partial charge in [-0.2, -0.15) is 0 Å². The van der Waals surface area contributed by atoms with Crippen LogP contribution in [0.1, 0.15) is 23.7 Å². The van der Waals surface area contributed by atoms with E-state index in [1.54, 1.807) is 13.4 Å². The fraction of sp³-hybridized carbons (Fsp3) is 0.476. The molecule has 1 aromatic carbocycles. The molecule has 3 unspecified atom stereocenters. The first-order valence-corrected chi connectivity index (χ1v) is 9.52. The number of carbonyl (C=O) groups excluding carboxylic acids is 1. The van der Waals surface area contributed by atoms with Gasteiger partial charge in [0.15, 0.2) is 0 Å². The second-order valence-electron chi connectivity index (χ2n) is 7.69. The molecule has 0 radical (unpaired) electrons. The zero-order valence-electron chi connectivity index (χ0n) is 15.7.